The molecule has 1 amide bonds. The number of nitrogens with one attached hydrogen (secondary N) is 1. The monoisotopic (exact) mass is 481 g/mol. The highest BCUT2D eigenvalue weighted by Crippen LogP contribution is 2.51. The lowest BCUT2D eigenvalue weighted by atomic mass is 9.58. The summed E-state index contributed by atoms with van der Waals surface area (Å²) in [6, 6.07) is 16.0. The number of benzene rings is 2. The number of likely N-dealkylation sites (N-methyl/N-ethyl adjacent to an activating group) is 1. The van der Waals surface area contributed by atoms with Crippen molar-refractivity contribution in [1.82, 2.24) is 10.2 Å². The molecule has 0 saturated carbocycles. The average Bonchev–Trinajstić information content (AvgIpc) is 3.29. The number of hydrogen-bond acceptors (Lipinski definition) is 3. The number of nitrogens with two attached hydrogens (primary N) is 1. The molecule has 3 N–H and O–H groups in total. The van der Waals surface area contributed by atoms with Crippen LogP contribution in [0.2, 0.25) is 10.0 Å². The molecule has 0 aliphatic carbocycles. The van der Waals surface area contributed by atoms with Gasteiger partial charge in [0.1, 0.15) is 0 Å². The number of halogens is 3. The lowest BCUT2D eigenvalue weighted by molar-refractivity contribution is -0.128. The molecule has 0 aromatic heterocycles. The largest absolute Gasteiger partial charge is 0.369 e. The van der Waals surface area contributed by atoms with Crippen molar-refractivity contribution >= 4 is 41.5 Å². The number of likely N-dealkylation sites (tertiary alicyclic amines) is 1. The summed E-state index contributed by atoms with van der Waals surface area (Å²) in [6.45, 7) is 5.92. The number of primary amides is 1. The first kappa shape index (κ1) is 24.3. The Hall–Kier alpha value is -1.30. The Morgan fingerprint density at radius 1 is 1.19 bits per heavy atom. The number of piperidine rings is 1. The fraction of sp³-hybridized carbons (Fsp3) is 0.458. The third-order valence-electron chi connectivity index (χ3n) is 7.11. The molecule has 2 aromatic rings. The van der Waals surface area contributed by atoms with Gasteiger partial charge in [-0.25, -0.2) is 0 Å². The van der Waals surface area contributed by atoms with Crippen molar-refractivity contribution < 1.29 is 4.79 Å². The maximum absolute atomic E-state index is 13.3. The van der Waals surface area contributed by atoms with E-state index < -0.39 is 5.41 Å². The summed E-state index contributed by atoms with van der Waals surface area (Å²) >= 11 is 12.7. The minimum Gasteiger partial charge on any atom is -0.369 e. The van der Waals surface area contributed by atoms with Crippen LogP contribution >= 0.6 is 35.6 Å². The number of nitrogens with zero attached hydrogens (tertiary/aromatic N) is 1. The molecule has 2 aromatic carbocycles. The van der Waals surface area contributed by atoms with E-state index in [9.17, 15) is 4.79 Å². The van der Waals surface area contributed by atoms with E-state index in [0.29, 0.717) is 22.4 Å². The van der Waals surface area contributed by atoms with Crippen LogP contribution in [0.4, 0.5) is 0 Å². The second kappa shape index (κ2) is 10.1. The van der Waals surface area contributed by atoms with Crippen LogP contribution < -0.4 is 11.1 Å². The highest BCUT2D eigenvalue weighted by molar-refractivity contribution is 6.42. The van der Waals surface area contributed by atoms with E-state index in [0.717, 1.165) is 43.7 Å². The van der Waals surface area contributed by atoms with E-state index in [1.807, 2.05) is 48.5 Å². The van der Waals surface area contributed by atoms with Gasteiger partial charge in [-0.05, 0) is 68.2 Å². The zero-order chi connectivity index (χ0) is 21.3. The predicted octanol–water partition coefficient (Wildman–Crippen LogP) is 4.63. The summed E-state index contributed by atoms with van der Waals surface area (Å²) in [4.78, 5) is 15.8. The number of hydrogen-bond donors (Lipinski definition) is 2. The summed E-state index contributed by atoms with van der Waals surface area (Å²) < 4.78 is 0. The second-order valence-corrected chi connectivity index (χ2v) is 9.29. The van der Waals surface area contributed by atoms with Crippen LogP contribution in [0, 0.1) is 5.92 Å². The van der Waals surface area contributed by atoms with Crippen molar-refractivity contribution in [2.75, 3.05) is 26.2 Å². The maximum atomic E-state index is 13.3. The molecular formula is C24H30Cl3N3O. The maximum Gasteiger partial charge on any atom is 0.228 e. The smallest absolute Gasteiger partial charge is 0.228 e. The lowest BCUT2D eigenvalue weighted by Crippen LogP contribution is -2.61. The number of rotatable bonds is 5. The number of amides is 1. The molecule has 2 heterocycles. The molecule has 4 atom stereocenters. The molecular weight excluding hydrogens is 453 g/mol. The van der Waals surface area contributed by atoms with Gasteiger partial charge in [-0.2, -0.15) is 0 Å². The number of carbonyl (C=O) groups excluding carboxylic acids is 1. The Morgan fingerprint density at radius 3 is 2.52 bits per heavy atom. The summed E-state index contributed by atoms with van der Waals surface area (Å²) in [5, 5.41) is 4.55. The van der Waals surface area contributed by atoms with Crippen LogP contribution in [0.5, 0.6) is 0 Å². The van der Waals surface area contributed by atoms with Gasteiger partial charge in [-0.15, -0.1) is 12.4 Å². The molecule has 2 fully saturated rings. The van der Waals surface area contributed by atoms with Gasteiger partial charge in [0.25, 0.3) is 0 Å². The second-order valence-electron chi connectivity index (χ2n) is 8.47. The first-order valence-corrected chi connectivity index (χ1v) is 11.5. The van der Waals surface area contributed by atoms with Crippen LogP contribution in [0.1, 0.15) is 36.8 Å². The van der Waals surface area contributed by atoms with Gasteiger partial charge in [0.2, 0.25) is 5.91 Å². The predicted molar refractivity (Wildman–Crippen MR) is 130 cm³/mol. The van der Waals surface area contributed by atoms with E-state index in [1.165, 1.54) is 0 Å². The Labute approximate surface area is 200 Å². The molecule has 0 bridgehead atoms. The van der Waals surface area contributed by atoms with E-state index >= 15 is 0 Å². The van der Waals surface area contributed by atoms with Crippen molar-refractivity contribution in [2.24, 2.45) is 11.7 Å². The van der Waals surface area contributed by atoms with Crippen LogP contribution in [-0.4, -0.2) is 43.0 Å². The van der Waals surface area contributed by atoms with Gasteiger partial charge in [-0.1, -0.05) is 66.5 Å². The quantitative estimate of drug-likeness (QED) is 0.653. The summed E-state index contributed by atoms with van der Waals surface area (Å²) in [7, 11) is 0. The Kier molecular flexibility index (Phi) is 7.93. The third-order valence-corrected chi connectivity index (χ3v) is 7.85. The van der Waals surface area contributed by atoms with Crippen molar-refractivity contribution in [2.45, 2.75) is 37.1 Å². The first-order chi connectivity index (χ1) is 14.5. The van der Waals surface area contributed by atoms with Crippen molar-refractivity contribution in [3.05, 3.63) is 69.7 Å². The highest BCUT2D eigenvalue weighted by atomic mass is 35.5. The molecule has 4 nitrogen and oxygen atoms in total. The molecule has 4 rings (SSSR count). The Balaban J connectivity index is 0.00000272. The summed E-state index contributed by atoms with van der Waals surface area (Å²) in [5.74, 6) is 0.0642. The van der Waals surface area contributed by atoms with E-state index in [4.69, 9.17) is 28.9 Å². The topological polar surface area (TPSA) is 58.4 Å². The lowest BCUT2D eigenvalue weighted by Gasteiger charge is -2.53. The average molecular weight is 483 g/mol. The molecule has 4 unspecified atom stereocenters. The Bertz CT molecular complexity index is 902. The molecule has 168 valence electrons. The minimum atomic E-state index is -0.794. The van der Waals surface area contributed by atoms with E-state index in [1.54, 1.807) is 0 Å². The van der Waals surface area contributed by atoms with Gasteiger partial charge in [0.15, 0.2) is 0 Å². The minimum absolute atomic E-state index is 0. The van der Waals surface area contributed by atoms with Crippen LogP contribution in [0.3, 0.4) is 0 Å². The van der Waals surface area contributed by atoms with Crippen molar-refractivity contribution in [1.29, 1.82) is 0 Å². The zero-order valence-corrected chi connectivity index (χ0v) is 20.0. The van der Waals surface area contributed by atoms with Crippen LogP contribution in [0.25, 0.3) is 0 Å². The van der Waals surface area contributed by atoms with Crippen molar-refractivity contribution in [3.63, 3.8) is 0 Å². The first-order valence-electron chi connectivity index (χ1n) is 10.7. The normalized spacial score (nSPS) is 28.8. The molecule has 31 heavy (non-hydrogen) atoms. The standard InChI is InChI=1S/C24H29Cl2N3O.ClH/c1-2-29-13-11-24(23(27)30,18-6-4-3-5-7-18)21(22(29)17-10-12-28-15-17)16-8-9-19(25)20(26)14-16;/h3-9,14,17,21-22,28H,2,10-13,15H2,1H3,(H2,27,30);1H. The molecule has 0 spiro atoms. The molecule has 2 aliphatic rings. The van der Waals surface area contributed by atoms with Gasteiger partial charge in [0, 0.05) is 12.0 Å². The summed E-state index contributed by atoms with van der Waals surface area (Å²) in [6.07, 6.45) is 1.77. The molecule has 7 heteroatoms. The van der Waals surface area contributed by atoms with Gasteiger partial charge < -0.3 is 11.1 Å². The van der Waals surface area contributed by atoms with E-state index in [-0.39, 0.29) is 30.3 Å². The van der Waals surface area contributed by atoms with Crippen molar-refractivity contribution in [3.8, 4) is 0 Å². The number of carbonyl (C=O) groups is 1. The molecule has 0 radical (unpaired) electrons. The summed E-state index contributed by atoms with van der Waals surface area (Å²) in [5.41, 5.74) is 7.47. The highest BCUT2D eigenvalue weighted by Gasteiger charge is 2.55. The van der Waals surface area contributed by atoms with E-state index in [2.05, 4.69) is 17.1 Å². The Morgan fingerprint density at radius 2 is 1.94 bits per heavy atom. The molecule has 2 saturated heterocycles. The van der Waals surface area contributed by atoms with Gasteiger partial charge in [0.05, 0.1) is 15.5 Å². The molecule has 2 aliphatic heterocycles. The fourth-order valence-electron chi connectivity index (χ4n) is 5.70. The SMILES string of the molecule is CCN1CCC(C(N)=O)(c2ccccc2)C(c2ccc(Cl)c(Cl)c2)C1C1CCNC1.Cl. The fourth-order valence-corrected chi connectivity index (χ4v) is 6.01. The van der Waals surface area contributed by atoms with Gasteiger partial charge >= 0.3 is 0 Å². The zero-order valence-electron chi connectivity index (χ0n) is 17.7. The van der Waals surface area contributed by atoms with Gasteiger partial charge in [-0.3, -0.25) is 9.69 Å². The third kappa shape index (κ3) is 4.34. The van der Waals surface area contributed by atoms with Crippen LogP contribution in [0.15, 0.2) is 48.5 Å². The van der Waals surface area contributed by atoms with Crippen LogP contribution in [-0.2, 0) is 10.2 Å².